The van der Waals surface area contributed by atoms with Crippen LogP contribution in [0, 0.1) is 11.3 Å². The number of rotatable bonds is 16. The highest BCUT2D eigenvalue weighted by atomic mass is 31.2. The third-order valence-electron chi connectivity index (χ3n) is 3.87. The van der Waals surface area contributed by atoms with Crippen molar-refractivity contribution >= 4 is 20.8 Å². The van der Waals surface area contributed by atoms with Crippen molar-refractivity contribution in [3.63, 3.8) is 0 Å². The molecule has 0 radical (unpaired) electrons. The van der Waals surface area contributed by atoms with Gasteiger partial charge in [-0.3, -0.25) is 9.59 Å². The second kappa shape index (κ2) is 16.3. The Morgan fingerprint density at radius 2 is 1.90 bits per heavy atom. The molecule has 0 bridgehead atoms. The van der Waals surface area contributed by atoms with Crippen molar-refractivity contribution < 1.29 is 23.4 Å². The summed E-state index contributed by atoms with van der Waals surface area (Å²) in [5.74, 6) is -0.286. The lowest BCUT2D eigenvalue weighted by Crippen LogP contribution is -2.34. The summed E-state index contributed by atoms with van der Waals surface area (Å²) in [6.07, 6.45) is 3.94. The predicted molar refractivity (Wildman–Crippen MR) is 113 cm³/mol. The molecule has 0 aromatic rings. The Bertz CT molecular complexity index is 531. The second-order valence-electron chi connectivity index (χ2n) is 6.76. The molecule has 0 heterocycles. The number of hydrogen-bond acceptors (Lipinski definition) is 7. The molecule has 0 aliphatic rings. The fourth-order valence-corrected chi connectivity index (χ4v) is 4.07. The summed E-state index contributed by atoms with van der Waals surface area (Å²) in [6.45, 7) is 9.25. The number of likely N-dealkylation sites (N-methyl/N-ethyl adjacent to an activating group) is 1. The third kappa shape index (κ3) is 11.9. The van der Waals surface area contributed by atoms with Crippen molar-refractivity contribution in [1.29, 1.82) is 5.26 Å². The monoisotopic (exact) mass is 430 g/mol. The quantitative estimate of drug-likeness (QED) is 0.174. The van der Waals surface area contributed by atoms with Crippen molar-refractivity contribution in [2.75, 3.05) is 33.9 Å². The fraction of sp³-hybridized carbons (Fsp3) is 0.737. The summed E-state index contributed by atoms with van der Waals surface area (Å²) >= 11 is 0. The number of methoxy groups -OCH3 is 1. The lowest BCUT2D eigenvalue weighted by atomic mass is 10.2. The topological polar surface area (TPSA) is 104 Å². The highest BCUT2D eigenvalue weighted by molar-refractivity contribution is 7.44. The van der Waals surface area contributed by atoms with E-state index in [1.165, 1.54) is 24.2 Å². The molecule has 0 aliphatic heterocycles. The van der Waals surface area contributed by atoms with Crippen LogP contribution in [0.25, 0.3) is 0 Å². The zero-order chi connectivity index (χ0) is 22.2. The first-order valence-corrected chi connectivity index (χ1v) is 10.8. The van der Waals surface area contributed by atoms with Gasteiger partial charge in [-0.2, -0.15) is 5.26 Å². The van der Waals surface area contributed by atoms with E-state index in [0.717, 1.165) is 0 Å². The zero-order valence-electron chi connectivity index (χ0n) is 18.3. The van der Waals surface area contributed by atoms with E-state index in [4.69, 9.17) is 19.0 Å². The molecule has 2 atom stereocenters. The molecular weight excluding hydrogens is 395 g/mol. The molecule has 166 valence electrons. The number of nitrogens with zero attached hydrogens (tertiary/aromatic N) is 3. The van der Waals surface area contributed by atoms with E-state index in [2.05, 4.69) is 43.8 Å². The minimum Gasteiger partial charge on any atom is -0.379 e. The van der Waals surface area contributed by atoms with Crippen molar-refractivity contribution in [2.24, 2.45) is 0 Å². The van der Waals surface area contributed by atoms with Gasteiger partial charge >= 0.3 is 0 Å². The molecular formula is C19H35N4O5P. The number of nitrogens with one attached hydrogen (secondary N) is 1. The van der Waals surface area contributed by atoms with E-state index in [9.17, 15) is 9.59 Å². The number of amides is 2. The van der Waals surface area contributed by atoms with Crippen LogP contribution < -0.4 is 5.32 Å². The van der Waals surface area contributed by atoms with Gasteiger partial charge in [0.15, 0.2) is 0 Å². The largest absolute Gasteiger partial charge is 0.379 e. The standard InChI is InChI=1S/C19H35N4O5P/c1-16(2)23(17(3)4)29(27-13-7-10-20)28-14-18(26-6)8-11-22(15-24)12-9-19(25)21-5/h9,12,15-18H,7-8,11,13-14H2,1-6H3,(H,21,25)/b12-9-/t18-,29?/m0/s1. The van der Waals surface area contributed by atoms with E-state index in [1.807, 2.05) is 0 Å². The third-order valence-corrected chi connectivity index (χ3v) is 5.95. The van der Waals surface area contributed by atoms with Gasteiger partial charge in [-0.1, -0.05) is 0 Å². The van der Waals surface area contributed by atoms with Gasteiger partial charge in [0, 0.05) is 45.1 Å². The van der Waals surface area contributed by atoms with E-state index >= 15 is 0 Å². The van der Waals surface area contributed by atoms with Crippen LogP contribution in [-0.4, -0.2) is 74.0 Å². The highest BCUT2D eigenvalue weighted by Crippen LogP contribution is 2.46. The molecule has 0 fully saturated rings. The summed E-state index contributed by atoms with van der Waals surface area (Å²) in [7, 11) is 1.76. The molecule has 0 saturated heterocycles. The van der Waals surface area contributed by atoms with Crippen molar-refractivity contribution in [1.82, 2.24) is 14.9 Å². The summed E-state index contributed by atoms with van der Waals surface area (Å²) in [6, 6.07) is 2.50. The smallest absolute Gasteiger partial charge is 0.259 e. The van der Waals surface area contributed by atoms with Gasteiger partial charge in [0.2, 0.25) is 12.3 Å². The van der Waals surface area contributed by atoms with Gasteiger partial charge in [-0.05, 0) is 34.1 Å². The molecule has 0 aliphatic carbocycles. The van der Waals surface area contributed by atoms with Crippen LogP contribution >= 0.6 is 8.53 Å². The molecule has 0 spiro atoms. The Labute approximate surface area is 175 Å². The molecule has 0 aromatic heterocycles. The van der Waals surface area contributed by atoms with Crippen LogP contribution in [0.3, 0.4) is 0 Å². The van der Waals surface area contributed by atoms with Crippen molar-refractivity contribution in [2.45, 2.75) is 58.7 Å². The van der Waals surface area contributed by atoms with Gasteiger partial charge in [0.25, 0.3) is 8.53 Å². The van der Waals surface area contributed by atoms with Crippen molar-refractivity contribution in [3.05, 3.63) is 12.3 Å². The SMILES string of the molecule is CNC(=O)/C=C\N(C=O)CC[C@@H](COP(OCCC#N)N(C(C)C)C(C)C)OC. The maximum Gasteiger partial charge on any atom is 0.259 e. The zero-order valence-corrected chi connectivity index (χ0v) is 19.2. The molecule has 0 rings (SSSR count). The average Bonchev–Trinajstić information content (AvgIpc) is 2.68. The molecule has 2 amide bonds. The molecule has 0 saturated carbocycles. The van der Waals surface area contributed by atoms with Crippen LogP contribution in [-0.2, 0) is 23.4 Å². The maximum absolute atomic E-state index is 11.3. The molecule has 1 N–H and O–H groups in total. The van der Waals surface area contributed by atoms with E-state index in [-0.39, 0.29) is 30.7 Å². The van der Waals surface area contributed by atoms with Gasteiger partial charge in [-0.15, -0.1) is 0 Å². The second-order valence-corrected chi connectivity index (χ2v) is 8.22. The first-order chi connectivity index (χ1) is 13.8. The minimum absolute atomic E-state index is 0.213. The van der Waals surface area contributed by atoms with Crippen LogP contribution in [0.15, 0.2) is 12.3 Å². The number of carbonyl (C=O) groups excluding carboxylic acids is 2. The summed E-state index contributed by atoms with van der Waals surface area (Å²) in [5.41, 5.74) is 0. The van der Waals surface area contributed by atoms with Crippen molar-refractivity contribution in [3.8, 4) is 6.07 Å². The molecule has 29 heavy (non-hydrogen) atoms. The normalized spacial score (nSPS) is 13.7. The Morgan fingerprint density at radius 3 is 2.38 bits per heavy atom. The lowest BCUT2D eigenvalue weighted by molar-refractivity contribution is -0.116. The molecule has 9 nitrogen and oxygen atoms in total. The van der Waals surface area contributed by atoms with E-state index in [0.29, 0.717) is 32.4 Å². The first kappa shape index (κ1) is 27.4. The molecule has 0 aromatic carbocycles. The lowest BCUT2D eigenvalue weighted by Gasteiger charge is -2.36. The Hall–Kier alpha value is -1.56. The Kier molecular flexibility index (Phi) is 15.4. The van der Waals surface area contributed by atoms with Gasteiger partial charge < -0.3 is 24.0 Å². The number of hydrogen-bond donors (Lipinski definition) is 1. The fourth-order valence-electron chi connectivity index (χ4n) is 2.43. The highest BCUT2D eigenvalue weighted by Gasteiger charge is 2.28. The Morgan fingerprint density at radius 1 is 1.24 bits per heavy atom. The van der Waals surface area contributed by atoms with Crippen LogP contribution in [0.2, 0.25) is 0 Å². The number of carbonyl (C=O) groups is 2. The van der Waals surface area contributed by atoms with Gasteiger partial charge in [-0.25, -0.2) is 4.67 Å². The average molecular weight is 430 g/mol. The number of nitriles is 1. The van der Waals surface area contributed by atoms with E-state index in [1.54, 1.807) is 7.11 Å². The number of ether oxygens (including phenoxy) is 1. The summed E-state index contributed by atoms with van der Waals surface area (Å²) < 4.78 is 19.5. The van der Waals surface area contributed by atoms with Crippen LogP contribution in [0.4, 0.5) is 0 Å². The summed E-state index contributed by atoms with van der Waals surface area (Å²) in [4.78, 5) is 23.8. The van der Waals surface area contributed by atoms with Gasteiger partial charge in [0.1, 0.15) is 0 Å². The predicted octanol–water partition coefficient (Wildman–Crippen LogP) is 2.40. The van der Waals surface area contributed by atoms with Gasteiger partial charge in [0.05, 0.1) is 31.8 Å². The van der Waals surface area contributed by atoms with Crippen LogP contribution in [0.1, 0.15) is 40.5 Å². The maximum atomic E-state index is 11.3. The minimum atomic E-state index is -1.35. The Balaban J connectivity index is 4.86. The van der Waals surface area contributed by atoms with E-state index < -0.39 is 8.53 Å². The first-order valence-electron chi connectivity index (χ1n) is 9.65. The summed E-state index contributed by atoms with van der Waals surface area (Å²) in [5, 5.41) is 11.2. The molecule has 10 heteroatoms. The molecule has 1 unspecified atom stereocenters. The van der Waals surface area contributed by atoms with Crippen LogP contribution in [0.5, 0.6) is 0 Å².